The lowest BCUT2D eigenvalue weighted by atomic mass is 9.96. The Morgan fingerprint density at radius 2 is 2.21 bits per heavy atom. The number of aryl methyl sites for hydroxylation is 1. The van der Waals surface area contributed by atoms with Gasteiger partial charge in [0.2, 0.25) is 0 Å². The Morgan fingerprint density at radius 1 is 1.43 bits per heavy atom. The summed E-state index contributed by atoms with van der Waals surface area (Å²) < 4.78 is 2.22. The molecule has 2 heterocycles. The Labute approximate surface area is 83.5 Å². The fourth-order valence-electron chi connectivity index (χ4n) is 2.41. The maximum Gasteiger partial charge on any atom is 0.153 e. The van der Waals surface area contributed by atoms with E-state index in [1.807, 2.05) is 0 Å². The van der Waals surface area contributed by atoms with Crippen LogP contribution in [0.15, 0.2) is 0 Å². The molecule has 1 unspecified atom stereocenters. The van der Waals surface area contributed by atoms with Crippen LogP contribution in [0.2, 0.25) is 0 Å². The fraction of sp³-hybridized carbons (Fsp3) is 0.800. The van der Waals surface area contributed by atoms with Crippen LogP contribution < -0.4 is 5.73 Å². The number of rotatable bonds is 2. The van der Waals surface area contributed by atoms with E-state index in [-0.39, 0.29) is 5.54 Å². The molecule has 1 atom stereocenters. The topological polar surface area (TPSA) is 56.7 Å². The molecule has 1 aromatic heterocycles. The molecule has 1 fully saturated rings. The van der Waals surface area contributed by atoms with Gasteiger partial charge in [-0.15, -0.1) is 10.2 Å². The first-order valence-electron chi connectivity index (χ1n) is 5.41. The van der Waals surface area contributed by atoms with Crippen molar-refractivity contribution in [3.8, 4) is 0 Å². The Kier molecular flexibility index (Phi) is 1.54. The van der Waals surface area contributed by atoms with Gasteiger partial charge >= 0.3 is 0 Å². The van der Waals surface area contributed by atoms with Crippen molar-refractivity contribution in [3.63, 3.8) is 0 Å². The minimum absolute atomic E-state index is 0.254. The van der Waals surface area contributed by atoms with E-state index >= 15 is 0 Å². The van der Waals surface area contributed by atoms with Gasteiger partial charge < -0.3 is 10.3 Å². The van der Waals surface area contributed by atoms with Crippen LogP contribution in [0.5, 0.6) is 0 Å². The smallest absolute Gasteiger partial charge is 0.153 e. The minimum atomic E-state index is -0.254. The van der Waals surface area contributed by atoms with Crippen molar-refractivity contribution < 1.29 is 0 Å². The van der Waals surface area contributed by atoms with Crippen molar-refractivity contribution >= 4 is 0 Å². The van der Waals surface area contributed by atoms with Crippen molar-refractivity contribution in [2.75, 3.05) is 0 Å². The SMILES string of the molecule is CC(N)(c1nnc2n1CCC2)C1CC1. The van der Waals surface area contributed by atoms with Gasteiger partial charge in [0.25, 0.3) is 0 Å². The quantitative estimate of drug-likeness (QED) is 0.754. The van der Waals surface area contributed by atoms with E-state index in [4.69, 9.17) is 5.73 Å². The summed E-state index contributed by atoms with van der Waals surface area (Å²) in [6.45, 7) is 3.15. The van der Waals surface area contributed by atoms with Crippen LogP contribution in [0.25, 0.3) is 0 Å². The highest BCUT2D eigenvalue weighted by Gasteiger charge is 2.43. The lowest BCUT2D eigenvalue weighted by molar-refractivity contribution is 0.381. The highest BCUT2D eigenvalue weighted by Crippen LogP contribution is 2.43. The molecule has 0 aromatic carbocycles. The summed E-state index contributed by atoms with van der Waals surface area (Å²) >= 11 is 0. The summed E-state index contributed by atoms with van der Waals surface area (Å²) in [4.78, 5) is 0. The number of hydrogen-bond acceptors (Lipinski definition) is 3. The van der Waals surface area contributed by atoms with Crippen LogP contribution in [0, 0.1) is 5.92 Å². The molecule has 1 saturated carbocycles. The molecule has 76 valence electrons. The zero-order valence-corrected chi connectivity index (χ0v) is 8.53. The largest absolute Gasteiger partial charge is 0.319 e. The zero-order valence-electron chi connectivity index (χ0n) is 8.53. The molecule has 4 heteroatoms. The monoisotopic (exact) mass is 192 g/mol. The molecule has 14 heavy (non-hydrogen) atoms. The average molecular weight is 192 g/mol. The van der Waals surface area contributed by atoms with Gasteiger partial charge in [-0.05, 0) is 32.1 Å². The van der Waals surface area contributed by atoms with Gasteiger partial charge in [0.05, 0.1) is 5.54 Å². The summed E-state index contributed by atoms with van der Waals surface area (Å²) in [7, 11) is 0. The standard InChI is InChI=1S/C10H16N4/c1-10(11,7-4-5-7)9-13-12-8-3-2-6-14(8)9/h7H,2-6,11H2,1H3. The summed E-state index contributed by atoms with van der Waals surface area (Å²) in [6.07, 6.45) is 4.75. The predicted octanol–water partition coefficient (Wildman–Crippen LogP) is 0.808. The molecule has 3 rings (SSSR count). The second-order valence-electron chi connectivity index (χ2n) is 4.75. The number of hydrogen-bond donors (Lipinski definition) is 1. The van der Waals surface area contributed by atoms with Crippen LogP contribution in [0.4, 0.5) is 0 Å². The molecule has 0 spiro atoms. The van der Waals surface area contributed by atoms with Crippen LogP contribution in [0.1, 0.15) is 37.8 Å². The minimum Gasteiger partial charge on any atom is -0.319 e. The maximum absolute atomic E-state index is 6.34. The highest BCUT2D eigenvalue weighted by molar-refractivity contribution is 5.14. The number of nitrogens with zero attached hydrogens (tertiary/aromatic N) is 3. The van der Waals surface area contributed by atoms with Gasteiger partial charge in [-0.1, -0.05) is 0 Å². The molecule has 0 radical (unpaired) electrons. The van der Waals surface area contributed by atoms with Crippen LogP contribution >= 0.6 is 0 Å². The molecule has 2 aliphatic rings. The Bertz CT molecular complexity index is 362. The molecular weight excluding hydrogens is 176 g/mol. The van der Waals surface area contributed by atoms with Crippen LogP contribution in [-0.4, -0.2) is 14.8 Å². The first-order valence-corrected chi connectivity index (χ1v) is 5.41. The highest BCUT2D eigenvalue weighted by atomic mass is 15.3. The van der Waals surface area contributed by atoms with E-state index in [0.717, 1.165) is 24.6 Å². The molecule has 1 aromatic rings. The molecule has 0 bridgehead atoms. The van der Waals surface area contributed by atoms with E-state index in [2.05, 4.69) is 21.7 Å². The summed E-state index contributed by atoms with van der Waals surface area (Å²) in [5.41, 5.74) is 6.08. The normalized spacial score (nSPS) is 24.7. The molecule has 4 nitrogen and oxygen atoms in total. The van der Waals surface area contributed by atoms with Crippen molar-refractivity contribution in [1.29, 1.82) is 0 Å². The van der Waals surface area contributed by atoms with Crippen molar-refractivity contribution in [2.24, 2.45) is 11.7 Å². The van der Waals surface area contributed by atoms with E-state index in [9.17, 15) is 0 Å². The molecule has 1 aliphatic heterocycles. The maximum atomic E-state index is 6.34. The molecule has 2 N–H and O–H groups in total. The fourth-order valence-corrected chi connectivity index (χ4v) is 2.41. The van der Waals surface area contributed by atoms with Gasteiger partial charge in [0.15, 0.2) is 5.82 Å². The van der Waals surface area contributed by atoms with Gasteiger partial charge in [-0.25, -0.2) is 0 Å². The summed E-state index contributed by atoms with van der Waals surface area (Å²) in [5.74, 6) is 2.75. The van der Waals surface area contributed by atoms with Gasteiger partial charge in [-0.2, -0.15) is 0 Å². The van der Waals surface area contributed by atoms with E-state index in [1.165, 1.54) is 19.3 Å². The van der Waals surface area contributed by atoms with E-state index in [1.54, 1.807) is 0 Å². The number of fused-ring (bicyclic) bond motifs is 1. The average Bonchev–Trinajstić information content (AvgIpc) is 2.75. The molecule has 1 aliphatic carbocycles. The molecular formula is C10H16N4. The van der Waals surface area contributed by atoms with Crippen molar-refractivity contribution in [2.45, 2.75) is 44.7 Å². The third-order valence-corrected chi connectivity index (χ3v) is 3.52. The first kappa shape index (κ1) is 8.41. The van der Waals surface area contributed by atoms with Crippen LogP contribution in [-0.2, 0) is 18.5 Å². The third kappa shape index (κ3) is 1.03. The van der Waals surface area contributed by atoms with Gasteiger partial charge in [0.1, 0.15) is 5.82 Å². The molecule has 0 saturated heterocycles. The Balaban J connectivity index is 2.02. The van der Waals surface area contributed by atoms with Crippen LogP contribution in [0.3, 0.4) is 0 Å². The van der Waals surface area contributed by atoms with Crippen molar-refractivity contribution in [3.05, 3.63) is 11.6 Å². The van der Waals surface area contributed by atoms with Gasteiger partial charge in [-0.3, -0.25) is 0 Å². The van der Waals surface area contributed by atoms with Gasteiger partial charge in [0, 0.05) is 13.0 Å². The van der Waals surface area contributed by atoms with E-state index in [0.29, 0.717) is 5.92 Å². The Morgan fingerprint density at radius 3 is 2.93 bits per heavy atom. The van der Waals surface area contributed by atoms with Crippen molar-refractivity contribution in [1.82, 2.24) is 14.8 Å². The summed E-state index contributed by atoms with van der Waals surface area (Å²) in [5, 5.41) is 8.46. The molecule has 0 amide bonds. The summed E-state index contributed by atoms with van der Waals surface area (Å²) in [6, 6.07) is 0. The second kappa shape index (κ2) is 2.57. The van der Waals surface area contributed by atoms with E-state index < -0.39 is 0 Å². The number of aromatic nitrogens is 3. The Hall–Kier alpha value is -0.900. The third-order valence-electron chi connectivity index (χ3n) is 3.52. The lowest BCUT2D eigenvalue weighted by Crippen LogP contribution is -2.38. The first-order chi connectivity index (χ1) is 6.69. The second-order valence-corrected chi connectivity index (χ2v) is 4.75. The lowest BCUT2D eigenvalue weighted by Gasteiger charge is -2.23. The number of nitrogens with two attached hydrogens (primary N) is 1. The predicted molar refractivity (Wildman–Crippen MR) is 52.6 cm³/mol. The zero-order chi connectivity index (χ0) is 9.76.